The van der Waals surface area contributed by atoms with Gasteiger partial charge in [-0.25, -0.2) is 4.39 Å². The van der Waals surface area contributed by atoms with Crippen molar-refractivity contribution in [2.75, 3.05) is 0 Å². The first kappa shape index (κ1) is 17.6. The molecule has 0 fully saturated rings. The second kappa shape index (κ2) is 7.00. The Balaban J connectivity index is 0.00000200. The Kier molecular flexibility index (Phi) is 6.15. The van der Waals surface area contributed by atoms with Gasteiger partial charge in [-0.1, -0.05) is 36.4 Å². The Morgan fingerprint density at radius 3 is 2.00 bits per heavy atom. The predicted molar refractivity (Wildman–Crippen MR) is 65.0 cm³/mol. The van der Waals surface area contributed by atoms with Crippen LogP contribution < -0.4 is 56.8 Å². The van der Waals surface area contributed by atoms with Gasteiger partial charge in [0.2, 0.25) is 0 Å². The Bertz CT molecular complexity index is 611. The van der Waals surface area contributed by atoms with Gasteiger partial charge in [-0.3, -0.25) is 4.79 Å². The molecule has 0 N–H and O–H groups in total. The van der Waals surface area contributed by atoms with Crippen LogP contribution in [-0.2, 0) is 0 Å². The van der Waals surface area contributed by atoms with Crippen molar-refractivity contribution in [3.8, 4) is 0 Å². The topological polar surface area (TPSA) is 17.1 Å². The first-order chi connectivity index (χ1) is 8.88. The smallest absolute Gasteiger partial charge is 0.445 e. The molecule has 0 amide bonds. The molecule has 98 valence electrons. The summed E-state index contributed by atoms with van der Waals surface area (Å²) in [5.41, 5.74) is -0.574. The second-order valence-corrected chi connectivity index (χ2v) is 4.04. The van der Waals surface area contributed by atoms with Crippen LogP contribution in [0.25, 0.3) is 0 Å². The maximum atomic E-state index is 13.0. The molecule has 2 aromatic carbocycles. The van der Waals surface area contributed by atoms with Gasteiger partial charge in [0.15, 0.2) is 5.78 Å². The summed E-state index contributed by atoms with van der Waals surface area (Å²) in [6.45, 7) is -5.08. The van der Waals surface area contributed by atoms with E-state index in [2.05, 4.69) is 0 Å². The van der Waals surface area contributed by atoms with E-state index in [0.717, 1.165) is 30.3 Å². The molecule has 1 nitrogen and oxygen atoms in total. The van der Waals surface area contributed by atoms with Crippen LogP contribution in [0.15, 0.2) is 48.5 Å². The fourth-order valence-corrected chi connectivity index (χ4v) is 1.65. The molecule has 0 bridgehead atoms. The number of carbonyl (C=O) groups excluding carboxylic acids is 1. The van der Waals surface area contributed by atoms with E-state index in [1.807, 2.05) is 0 Å². The maximum absolute atomic E-state index is 13.0. The average molecular weight is 306 g/mol. The van der Waals surface area contributed by atoms with Gasteiger partial charge in [0.1, 0.15) is 5.82 Å². The number of carbonyl (C=O) groups is 1. The molecule has 0 spiro atoms. The molecule has 2 rings (SSSR count). The van der Waals surface area contributed by atoms with Crippen molar-refractivity contribution in [2.24, 2.45) is 0 Å². The van der Waals surface area contributed by atoms with Crippen LogP contribution in [0, 0.1) is 5.82 Å². The minimum Gasteiger partial charge on any atom is -0.445 e. The molecule has 0 heterocycles. The van der Waals surface area contributed by atoms with Crippen molar-refractivity contribution in [3.05, 3.63) is 65.5 Å². The standard InChI is InChI=1S/C13H8BF4O.K/c15-12-3-1-2-10(8-12)13(19)9-4-6-11(7-5-9)14(16,17)18;/h1-8H;/q-1;+1. The minimum absolute atomic E-state index is 0. The third-order valence-corrected chi connectivity index (χ3v) is 2.64. The molecular formula is C13H8BF4KO. The summed E-state index contributed by atoms with van der Waals surface area (Å²) in [6.07, 6.45) is 0. The van der Waals surface area contributed by atoms with Gasteiger partial charge in [-0.2, -0.15) is 0 Å². The number of ketones is 1. The first-order valence-electron chi connectivity index (χ1n) is 5.48. The van der Waals surface area contributed by atoms with E-state index < -0.39 is 24.0 Å². The van der Waals surface area contributed by atoms with Crippen molar-refractivity contribution >= 4 is 18.2 Å². The van der Waals surface area contributed by atoms with Crippen molar-refractivity contribution in [2.45, 2.75) is 0 Å². The first-order valence-corrected chi connectivity index (χ1v) is 5.48. The molecule has 0 aliphatic carbocycles. The van der Waals surface area contributed by atoms with Crippen LogP contribution in [0.1, 0.15) is 15.9 Å². The molecule has 2 aromatic rings. The molecule has 0 unspecified atom stereocenters. The normalized spacial score (nSPS) is 10.8. The van der Waals surface area contributed by atoms with E-state index in [1.165, 1.54) is 18.2 Å². The summed E-state index contributed by atoms with van der Waals surface area (Å²) < 4.78 is 50.2. The number of hydrogen-bond donors (Lipinski definition) is 0. The van der Waals surface area contributed by atoms with E-state index >= 15 is 0 Å². The summed E-state index contributed by atoms with van der Waals surface area (Å²) in [4.78, 5) is 11.9. The summed E-state index contributed by atoms with van der Waals surface area (Å²) >= 11 is 0. The summed E-state index contributed by atoms with van der Waals surface area (Å²) in [6, 6.07) is 8.91. The zero-order chi connectivity index (χ0) is 14.0. The number of benzene rings is 2. The van der Waals surface area contributed by atoms with E-state index in [0.29, 0.717) is 0 Å². The fraction of sp³-hybridized carbons (Fsp3) is 0. The van der Waals surface area contributed by atoms with Crippen molar-refractivity contribution in [1.29, 1.82) is 0 Å². The maximum Gasteiger partial charge on any atom is 1.00 e. The Morgan fingerprint density at radius 1 is 0.900 bits per heavy atom. The van der Waals surface area contributed by atoms with Crippen LogP contribution in [-0.4, -0.2) is 12.8 Å². The number of halogens is 4. The van der Waals surface area contributed by atoms with Crippen LogP contribution in [0.3, 0.4) is 0 Å². The van der Waals surface area contributed by atoms with Gasteiger partial charge < -0.3 is 12.9 Å². The monoisotopic (exact) mass is 306 g/mol. The molecule has 7 heteroatoms. The number of hydrogen-bond acceptors (Lipinski definition) is 1. The van der Waals surface area contributed by atoms with E-state index in [4.69, 9.17) is 0 Å². The van der Waals surface area contributed by atoms with Gasteiger partial charge in [0.05, 0.1) is 0 Å². The third kappa shape index (κ3) is 4.26. The summed E-state index contributed by atoms with van der Waals surface area (Å²) in [5.74, 6) is -1.08. The predicted octanol–water partition coefficient (Wildman–Crippen LogP) is 0.115. The summed E-state index contributed by atoms with van der Waals surface area (Å²) in [5, 5.41) is 0. The van der Waals surface area contributed by atoms with Crippen molar-refractivity contribution < 1.29 is 73.5 Å². The molecule has 0 aliphatic heterocycles. The number of rotatable bonds is 3. The van der Waals surface area contributed by atoms with E-state index in [9.17, 15) is 22.1 Å². The molecule has 0 saturated carbocycles. The summed E-state index contributed by atoms with van der Waals surface area (Å²) in [7, 11) is 0. The van der Waals surface area contributed by atoms with Crippen LogP contribution in [0.2, 0.25) is 0 Å². The zero-order valence-electron chi connectivity index (χ0n) is 10.6. The van der Waals surface area contributed by atoms with Gasteiger partial charge >= 0.3 is 58.4 Å². The molecule has 20 heavy (non-hydrogen) atoms. The Morgan fingerprint density at radius 2 is 1.50 bits per heavy atom. The largest absolute Gasteiger partial charge is 1.00 e. The van der Waals surface area contributed by atoms with Gasteiger partial charge in [-0.05, 0) is 12.1 Å². The molecule has 0 atom stereocenters. The van der Waals surface area contributed by atoms with Gasteiger partial charge in [0, 0.05) is 11.1 Å². The fourth-order valence-electron chi connectivity index (χ4n) is 1.65. The molecule has 0 radical (unpaired) electrons. The van der Waals surface area contributed by atoms with Crippen LogP contribution >= 0.6 is 0 Å². The van der Waals surface area contributed by atoms with Crippen LogP contribution in [0.4, 0.5) is 17.3 Å². The Hall–Kier alpha value is -0.469. The van der Waals surface area contributed by atoms with Gasteiger partial charge in [-0.15, -0.1) is 5.46 Å². The van der Waals surface area contributed by atoms with Crippen molar-refractivity contribution in [3.63, 3.8) is 0 Å². The quantitative estimate of drug-likeness (QED) is 0.447. The van der Waals surface area contributed by atoms with Crippen molar-refractivity contribution in [1.82, 2.24) is 0 Å². The molecule has 0 aliphatic rings. The second-order valence-electron chi connectivity index (χ2n) is 4.04. The molecular weight excluding hydrogens is 298 g/mol. The van der Waals surface area contributed by atoms with Gasteiger partial charge in [0.25, 0.3) is 0 Å². The zero-order valence-corrected chi connectivity index (χ0v) is 13.7. The Labute approximate surface area is 155 Å². The average Bonchev–Trinajstić information content (AvgIpc) is 2.37. The molecule has 0 saturated heterocycles. The SMILES string of the molecule is O=C(c1ccc([B-](F)(F)F)cc1)c1cccc(F)c1.[K+]. The minimum atomic E-state index is -5.08. The van der Waals surface area contributed by atoms with E-state index in [1.54, 1.807) is 0 Å². The molecule has 0 aromatic heterocycles. The van der Waals surface area contributed by atoms with Crippen LogP contribution in [0.5, 0.6) is 0 Å². The van der Waals surface area contributed by atoms with E-state index in [-0.39, 0.29) is 62.5 Å². The third-order valence-electron chi connectivity index (χ3n) is 2.64.